The predicted molar refractivity (Wildman–Crippen MR) is 152 cm³/mol. The van der Waals surface area contributed by atoms with Gasteiger partial charge < -0.3 is 15.0 Å². The molecule has 0 saturated carbocycles. The van der Waals surface area contributed by atoms with E-state index in [9.17, 15) is 4.79 Å². The van der Waals surface area contributed by atoms with E-state index in [4.69, 9.17) is 4.74 Å². The van der Waals surface area contributed by atoms with Gasteiger partial charge in [0.05, 0.1) is 23.9 Å². The molecule has 2 aliphatic heterocycles. The molecule has 3 heterocycles. The van der Waals surface area contributed by atoms with Gasteiger partial charge in [-0.25, -0.2) is 0 Å². The summed E-state index contributed by atoms with van der Waals surface area (Å²) in [5, 5.41) is 7.51. The van der Waals surface area contributed by atoms with Crippen LogP contribution in [-0.2, 0) is 7.05 Å². The molecule has 190 valence electrons. The van der Waals surface area contributed by atoms with Crippen LogP contribution in [0.4, 0.5) is 5.69 Å². The fourth-order valence-corrected chi connectivity index (χ4v) is 6.65. The molecule has 36 heavy (non-hydrogen) atoms. The van der Waals surface area contributed by atoms with Gasteiger partial charge in [0.25, 0.3) is 5.91 Å². The van der Waals surface area contributed by atoms with Crippen molar-refractivity contribution in [1.29, 1.82) is 0 Å². The van der Waals surface area contributed by atoms with Crippen LogP contribution >= 0.6 is 22.6 Å². The van der Waals surface area contributed by atoms with Gasteiger partial charge in [0.2, 0.25) is 0 Å². The summed E-state index contributed by atoms with van der Waals surface area (Å²) in [6, 6.07) is 13.4. The summed E-state index contributed by atoms with van der Waals surface area (Å²) in [7, 11) is 3.56. The van der Waals surface area contributed by atoms with Gasteiger partial charge in [-0.05, 0) is 73.7 Å². The Kier molecular flexibility index (Phi) is 7.25. The molecule has 2 aliphatic rings. The summed E-state index contributed by atoms with van der Waals surface area (Å²) in [6.45, 7) is 6.08. The predicted octanol–water partition coefficient (Wildman–Crippen LogP) is 4.94. The molecule has 7 nitrogen and oxygen atoms in total. The molecule has 2 aromatic carbocycles. The van der Waals surface area contributed by atoms with Crippen molar-refractivity contribution in [2.24, 2.45) is 7.05 Å². The molecule has 2 bridgehead atoms. The number of anilines is 1. The van der Waals surface area contributed by atoms with Gasteiger partial charge in [-0.15, -0.1) is 0 Å². The van der Waals surface area contributed by atoms with Crippen molar-refractivity contribution in [2.45, 2.75) is 44.8 Å². The van der Waals surface area contributed by atoms with Gasteiger partial charge in [-0.2, -0.15) is 5.10 Å². The number of nitrogens with one attached hydrogen (secondary N) is 1. The van der Waals surface area contributed by atoms with E-state index in [2.05, 4.69) is 67.1 Å². The first kappa shape index (κ1) is 25.1. The zero-order valence-electron chi connectivity index (χ0n) is 21.4. The first-order valence-corrected chi connectivity index (χ1v) is 14.0. The number of methoxy groups -OCH3 is 1. The normalized spacial score (nSPS) is 20.4. The van der Waals surface area contributed by atoms with Crippen molar-refractivity contribution >= 4 is 34.2 Å². The Morgan fingerprint density at radius 2 is 1.92 bits per heavy atom. The summed E-state index contributed by atoms with van der Waals surface area (Å²) in [6.07, 6.45) is 6.34. The molecule has 1 N–H and O–H groups in total. The Hall–Kier alpha value is -2.59. The Labute approximate surface area is 226 Å². The number of hydrogen-bond acceptors (Lipinski definition) is 5. The van der Waals surface area contributed by atoms with Crippen molar-refractivity contribution < 1.29 is 9.53 Å². The highest BCUT2D eigenvalue weighted by molar-refractivity contribution is 14.1. The average molecular weight is 600 g/mol. The Morgan fingerprint density at radius 3 is 2.56 bits per heavy atom. The average Bonchev–Trinajstić information content (AvgIpc) is 3.42. The van der Waals surface area contributed by atoms with Gasteiger partial charge in [0, 0.05) is 55.2 Å². The van der Waals surface area contributed by atoms with E-state index in [0.29, 0.717) is 12.1 Å². The molecule has 3 aromatic rings. The van der Waals surface area contributed by atoms with E-state index >= 15 is 0 Å². The number of aromatic nitrogens is 2. The van der Waals surface area contributed by atoms with Gasteiger partial charge in [0.15, 0.2) is 0 Å². The summed E-state index contributed by atoms with van der Waals surface area (Å²) < 4.78 is 8.43. The zero-order chi connectivity index (χ0) is 25.4. The number of carbonyl (C=O) groups is 1. The van der Waals surface area contributed by atoms with Gasteiger partial charge >= 0.3 is 0 Å². The third-order valence-electron chi connectivity index (χ3n) is 7.65. The van der Waals surface area contributed by atoms with Crippen LogP contribution in [0.5, 0.6) is 5.75 Å². The molecule has 2 fully saturated rings. The number of piperazine rings is 1. The maximum absolute atomic E-state index is 13.5. The molecular formula is C28H34IN5O2. The lowest BCUT2D eigenvalue weighted by atomic mass is 10.0. The fourth-order valence-electron chi connectivity index (χ4n) is 5.53. The first-order chi connectivity index (χ1) is 17.4. The van der Waals surface area contributed by atoms with Gasteiger partial charge in [-0.3, -0.25) is 14.4 Å². The molecule has 0 spiro atoms. The second-order valence-electron chi connectivity index (χ2n) is 10.0. The minimum atomic E-state index is -0.186. The minimum Gasteiger partial charge on any atom is -0.497 e. The Morgan fingerprint density at radius 1 is 1.17 bits per heavy atom. The zero-order valence-corrected chi connectivity index (χ0v) is 23.5. The number of carbonyl (C=O) groups excluding carboxylic acids is 1. The smallest absolute Gasteiger partial charge is 0.252 e. The van der Waals surface area contributed by atoms with Crippen LogP contribution in [0, 0.1) is 6.92 Å². The molecule has 0 unspecified atom stereocenters. The third-order valence-corrected chi connectivity index (χ3v) is 8.44. The minimum absolute atomic E-state index is 0.0542. The number of hydrogen-bond donors (Lipinski definition) is 1. The third kappa shape index (κ3) is 4.98. The highest BCUT2D eigenvalue weighted by Crippen LogP contribution is 2.34. The van der Waals surface area contributed by atoms with E-state index < -0.39 is 0 Å². The largest absolute Gasteiger partial charge is 0.497 e. The number of alkyl halides is 1. The highest BCUT2D eigenvalue weighted by atomic mass is 127. The van der Waals surface area contributed by atoms with Crippen LogP contribution in [0.2, 0.25) is 0 Å². The molecule has 3 atom stereocenters. The topological polar surface area (TPSA) is 62.6 Å². The molecule has 0 aliphatic carbocycles. The van der Waals surface area contributed by atoms with E-state index in [-0.39, 0.29) is 11.9 Å². The number of nitrogens with zero attached hydrogens (tertiary/aromatic N) is 4. The van der Waals surface area contributed by atoms with Crippen molar-refractivity contribution in [3.05, 3.63) is 65.5 Å². The highest BCUT2D eigenvalue weighted by Gasteiger charge is 2.39. The molecule has 1 amide bonds. The van der Waals surface area contributed by atoms with Crippen LogP contribution in [0.25, 0.3) is 11.1 Å². The Balaban J connectivity index is 1.35. The summed E-state index contributed by atoms with van der Waals surface area (Å²) >= 11 is 2.49. The quantitative estimate of drug-likeness (QED) is 0.237. The second kappa shape index (κ2) is 10.4. The monoisotopic (exact) mass is 599 g/mol. The van der Waals surface area contributed by atoms with E-state index in [1.54, 1.807) is 11.8 Å². The van der Waals surface area contributed by atoms with E-state index in [1.165, 1.54) is 12.8 Å². The van der Waals surface area contributed by atoms with Crippen LogP contribution < -0.4 is 15.0 Å². The van der Waals surface area contributed by atoms with Crippen LogP contribution in [0.1, 0.15) is 47.3 Å². The Bertz CT molecular complexity index is 1240. The summed E-state index contributed by atoms with van der Waals surface area (Å²) in [5.41, 5.74) is 5.87. The van der Waals surface area contributed by atoms with Crippen molar-refractivity contribution in [2.75, 3.05) is 29.7 Å². The van der Waals surface area contributed by atoms with Gasteiger partial charge in [0.1, 0.15) is 5.75 Å². The van der Waals surface area contributed by atoms with Crippen LogP contribution in [0.15, 0.2) is 48.8 Å². The standard InChI is InChI=1S/C28H34IN5O2/c1-18-5-6-23(33-15-24-7-8-25(16-33)34(24)17-29)12-27(18)28(35)31-19(2)20-9-21(11-26(10-20)36-4)22-13-30-32(3)14-22/h5-6,9-14,19,24-25H,7-8,15-17H2,1-4H3,(H,31,35)/t19-,24-,25+/m1/s1. The SMILES string of the molecule is COc1cc(-c2cnn(C)c2)cc([C@@H](C)NC(=O)c2cc(N3C[C@H]4CC[C@@H](C3)N4CI)ccc2C)c1. The molecule has 8 heteroatoms. The second-order valence-corrected chi connectivity index (χ2v) is 10.7. The molecule has 1 aromatic heterocycles. The van der Waals surface area contributed by atoms with E-state index in [1.807, 2.05) is 45.4 Å². The molecular weight excluding hydrogens is 565 g/mol. The summed E-state index contributed by atoms with van der Waals surface area (Å²) in [4.78, 5) is 18.6. The molecule has 5 rings (SSSR count). The number of rotatable bonds is 7. The lowest BCUT2D eigenvalue weighted by Crippen LogP contribution is -2.53. The maximum Gasteiger partial charge on any atom is 0.252 e. The molecule has 0 radical (unpaired) electrons. The lowest BCUT2D eigenvalue weighted by Gasteiger charge is -2.41. The fraction of sp³-hybridized carbons (Fsp3) is 0.429. The number of aryl methyl sites for hydroxylation is 2. The number of ether oxygens (including phenoxy) is 1. The number of fused-ring (bicyclic) bond motifs is 2. The summed E-state index contributed by atoms with van der Waals surface area (Å²) in [5.74, 6) is 0.701. The van der Waals surface area contributed by atoms with Crippen LogP contribution in [-0.4, -0.2) is 57.4 Å². The maximum atomic E-state index is 13.5. The van der Waals surface area contributed by atoms with Crippen molar-refractivity contribution in [3.63, 3.8) is 0 Å². The van der Waals surface area contributed by atoms with Crippen molar-refractivity contribution in [3.8, 4) is 16.9 Å². The first-order valence-electron chi connectivity index (χ1n) is 12.5. The van der Waals surface area contributed by atoms with Crippen molar-refractivity contribution in [1.82, 2.24) is 20.0 Å². The van der Waals surface area contributed by atoms with E-state index in [0.717, 1.165) is 56.9 Å². The van der Waals surface area contributed by atoms with Gasteiger partial charge in [-0.1, -0.05) is 28.7 Å². The van der Waals surface area contributed by atoms with Crippen LogP contribution in [0.3, 0.4) is 0 Å². The molecule has 2 saturated heterocycles. The number of benzene rings is 2. The number of halogens is 1. The number of amides is 1. The lowest BCUT2D eigenvalue weighted by molar-refractivity contribution is 0.0939.